The molecule has 0 aromatic rings. The first kappa shape index (κ1) is 18.4. The van der Waals surface area contributed by atoms with Crippen molar-refractivity contribution in [1.82, 2.24) is 0 Å². The van der Waals surface area contributed by atoms with Crippen LogP contribution in [0.5, 0.6) is 0 Å². The summed E-state index contributed by atoms with van der Waals surface area (Å²) in [5, 5.41) is 0. The highest BCUT2D eigenvalue weighted by Gasteiger charge is 2.07. The number of carbonyl (C=O) groups excluding carboxylic acids is 2. The fraction of sp³-hybridized carbons (Fsp3) is 0.625. The van der Waals surface area contributed by atoms with Gasteiger partial charge in [0.25, 0.3) is 0 Å². The summed E-state index contributed by atoms with van der Waals surface area (Å²) in [5.74, 6) is -0.731. The maximum atomic E-state index is 11.0. The van der Waals surface area contributed by atoms with E-state index in [1.165, 1.54) is 12.2 Å². The minimum atomic E-state index is -0.365. The molecule has 4 nitrogen and oxygen atoms in total. The van der Waals surface area contributed by atoms with E-state index in [0.717, 1.165) is 38.5 Å². The number of hydrogen-bond donors (Lipinski definition) is 0. The van der Waals surface area contributed by atoms with E-state index < -0.39 is 0 Å². The monoisotopic (exact) mass is 282 g/mol. The summed E-state index contributed by atoms with van der Waals surface area (Å²) >= 11 is 0. The van der Waals surface area contributed by atoms with Crippen molar-refractivity contribution < 1.29 is 19.1 Å². The molecule has 0 aliphatic heterocycles. The normalized spacial score (nSPS) is 13.1. The summed E-state index contributed by atoms with van der Waals surface area (Å²) in [4.78, 5) is 21.9. The lowest BCUT2D eigenvalue weighted by Gasteiger charge is -2.12. The Balaban J connectivity index is 3.48. The summed E-state index contributed by atoms with van der Waals surface area (Å²) in [6.07, 6.45) is 8.17. The fourth-order valence-electron chi connectivity index (χ4n) is 1.83. The second-order valence-corrected chi connectivity index (χ2v) is 4.89. The minimum absolute atomic E-state index is 0.0621. The van der Waals surface area contributed by atoms with Crippen molar-refractivity contribution in [2.45, 2.75) is 64.6 Å². The van der Waals surface area contributed by atoms with Gasteiger partial charge in [-0.2, -0.15) is 0 Å². The van der Waals surface area contributed by atoms with Crippen LogP contribution in [0.25, 0.3) is 0 Å². The molecule has 2 unspecified atom stereocenters. The van der Waals surface area contributed by atoms with Gasteiger partial charge >= 0.3 is 11.9 Å². The number of unbranched alkanes of at least 4 members (excludes halogenated alkanes) is 3. The van der Waals surface area contributed by atoms with E-state index in [1.54, 1.807) is 0 Å². The van der Waals surface area contributed by atoms with Crippen molar-refractivity contribution in [2.24, 2.45) is 0 Å². The summed E-state index contributed by atoms with van der Waals surface area (Å²) in [5.41, 5.74) is 0. The Kier molecular flexibility index (Phi) is 10.4. The molecule has 4 heteroatoms. The Morgan fingerprint density at radius 3 is 1.50 bits per heavy atom. The summed E-state index contributed by atoms with van der Waals surface area (Å²) in [7, 11) is 0. The van der Waals surface area contributed by atoms with E-state index in [0.29, 0.717) is 0 Å². The summed E-state index contributed by atoms with van der Waals surface area (Å²) in [6, 6.07) is 0. The van der Waals surface area contributed by atoms with E-state index in [-0.39, 0.29) is 24.1 Å². The van der Waals surface area contributed by atoms with Gasteiger partial charge in [0, 0.05) is 12.2 Å². The van der Waals surface area contributed by atoms with Crippen molar-refractivity contribution in [3.8, 4) is 0 Å². The van der Waals surface area contributed by atoms with E-state index in [2.05, 4.69) is 13.2 Å². The Hall–Kier alpha value is -1.58. The van der Waals surface area contributed by atoms with E-state index >= 15 is 0 Å². The summed E-state index contributed by atoms with van der Waals surface area (Å²) < 4.78 is 10.2. The summed E-state index contributed by atoms with van der Waals surface area (Å²) in [6.45, 7) is 10.5. The van der Waals surface area contributed by atoms with E-state index in [1.807, 2.05) is 13.8 Å². The molecule has 0 bridgehead atoms. The molecular weight excluding hydrogens is 256 g/mol. The first-order chi connectivity index (χ1) is 9.49. The highest BCUT2D eigenvalue weighted by molar-refractivity contribution is 5.81. The first-order valence-corrected chi connectivity index (χ1v) is 7.15. The van der Waals surface area contributed by atoms with Crippen molar-refractivity contribution in [1.29, 1.82) is 0 Å². The topological polar surface area (TPSA) is 52.6 Å². The molecule has 0 aromatic heterocycles. The molecule has 0 fully saturated rings. The second-order valence-electron chi connectivity index (χ2n) is 4.89. The van der Waals surface area contributed by atoms with Crippen LogP contribution in [0.3, 0.4) is 0 Å². The Morgan fingerprint density at radius 2 is 1.20 bits per heavy atom. The molecular formula is C16H26O4. The molecule has 0 N–H and O–H groups in total. The van der Waals surface area contributed by atoms with Crippen LogP contribution in [0.2, 0.25) is 0 Å². The van der Waals surface area contributed by atoms with Gasteiger partial charge in [0.1, 0.15) is 0 Å². The van der Waals surface area contributed by atoms with Crippen LogP contribution in [0.15, 0.2) is 25.3 Å². The van der Waals surface area contributed by atoms with Crippen LogP contribution in [0.1, 0.15) is 52.4 Å². The highest BCUT2D eigenvalue weighted by Crippen LogP contribution is 2.12. The van der Waals surface area contributed by atoms with Gasteiger partial charge in [-0.3, -0.25) is 0 Å². The van der Waals surface area contributed by atoms with Crippen molar-refractivity contribution >= 4 is 11.9 Å². The highest BCUT2D eigenvalue weighted by atomic mass is 16.5. The predicted octanol–water partition coefficient (Wildman–Crippen LogP) is 3.56. The van der Waals surface area contributed by atoms with E-state index in [4.69, 9.17) is 9.47 Å². The van der Waals surface area contributed by atoms with Gasteiger partial charge in [-0.05, 0) is 39.5 Å². The SMILES string of the molecule is C=CC(=O)OC(C)CCCCCCC(C)OC(=O)C=C. The van der Waals surface area contributed by atoms with Crippen LogP contribution < -0.4 is 0 Å². The third-order valence-corrected chi connectivity index (χ3v) is 2.94. The Labute approximate surface area is 121 Å². The maximum absolute atomic E-state index is 11.0. The standard InChI is InChI=1S/C16H26O4/c1-5-15(17)19-13(3)11-9-7-8-10-12-14(4)20-16(18)6-2/h5-6,13-14H,1-2,7-12H2,3-4H3. The second kappa shape index (κ2) is 11.3. The van der Waals surface area contributed by atoms with Crippen LogP contribution in [0, 0.1) is 0 Å². The first-order valence-electron chi connectivity index (χ1n) is 7.15. The lowest BCUT2D eigenvalue weighted by atomic mass is 10.1. The van der Waals surface area contributed by atoms with Gasteiger partial charge in [0.05, 0.1) is 12.2 Å². The Morgan fingerprint density at radius 1 is 0.850 bits per heavy atom. The fourth-order valence-corrected chi connectivity index (χ4v) is 1.83. The third kappa shape index (κ3) is 10.4. The number of esters is 2. The number of ether oxygens (including phenoxy) is 2. The third-order valence-electron chi connectivity index (χ3n) is 2.94. The molecule has 20 heavy (non-hydrogen) atoms. The van der Waals surface area contributed by atoms with Gasteiger partial charge in [0.15, 0.2) is 0 Å². The van der Waals surface area contributed by atoms with Gasteiger partial charge in [-0.15, -0.1) is 0 Å². The molecule has 0 saturated heterocycles. The average Bonchev–Trinajstić information content (AvgIpc) is 2.42. The molecule has 2 atom stereocenters. The molecule has 0 aliphatic rings. The minimum Gasteiger partial charge on any atom is -0.460 e. The van der Waals surface area contributed by atoms with E-state index in [9.17, 15) is 9.59 Å². The maximum Gasteiger partial charge on any atom is 0.330 e. The zero-order chi connectivity index (χ0) is 15.4. The quantitative estimate of drug-likeness (QED) is 0.330. The average molecular weight is 282 g/mol. The van der Waals surface area contributed by atoms with Crippen LogP contribution in [0.4, 0.5) is 0 Å². The number of rotatable bonds is 11. The molecule has 0 aromatic carbocycles. The molecule has 0 heterocycles. The molecule has 114 valence electrons. The van der Waals surface area contributed by atoms with Crippen LogP contribution >= 0.6 is 0 Å². The smallest absolute Gasteiger partial charge is 0.330 e. The van der Waals surface area contributed by atoms with Crippen LogP contribution in [-0.4, -0.2) is 24.1 Å². The molecule has 0 amide bonds. The predicted molar refractivity (Wildman–Crippen MR) is 79.2 cm³/mol. The Bertz CT molecular complexity index is 290. The van der Waals surface area contributed by atoms with Gasteiger partial charge in [-0.25, -0.2) is 9.59 Å². The van der Waals surface area contributed by atoms with Crippen molar-refractivity contribution in [3.63, 3.8) is 0 Å². The molecule has 0 radical (unpaired) electrons. The lowest BCUT2D eigenvalue weighted by Crippen LogP contribution is -2.13. The van der Waals surface area contributed by atoms with Crippen LogP contribution in [-0.2, 0) is 19.1 Å². The number of carbonyl (C=O) groups is 2. The molecule has 0 aliphatic carbocycles. The lowest BCUT2D eigenvalue weighted by molar-refractivity contribution is -0.143. The van der Waals surface area contributed by atoms with Gasteiger partial charge in [-0.1, -0.05) is 26.0 Å². The zero-order valence-corrected chi connectivity index (χ0v) is 12.6. The zero-order valence-electron chi connectivity index (χ0n) is 12.6. The van der Waals surface area contributed by atoms with Gasteiger partial charge < -0.3 is 9.47 Å². The molecule has 0 rings (SSSR count). The van der Waals surface area contributed by atoms with Crippen molar-refractivity contribution in [2.75, 3.05) is 0 Å². The molecule has 0 spiro atoms. The number of hydrogen-bond acceptors (Lipinski definition) is 4. The molecule has 0 saturated carbocycles. The van der Waals surface area contributed by atoms with Crippen molar-refractivity contribution in [3.05, 3.63) is 25.3 Å². The van der Waals surface area contributed by atoms with Gasteiger partial charge in [0.2, 0.25) is 0 Å². The largest absolute Gasteiger partial charge is 0.460 e.